The SMILES string of the molecule is C#Cc1c(F)c(F)c(CO)c(F)c1F. The number of hydrogen-bond donors (Lipinski definition) is 1. The second-order valence-corrected chi connectivity index (χ2v) is 2.41. The van der Waals surface area contributed by atoms with Crippen LogP contribution in [0.25, 0.3) is 0 Å². The molecule has 0 atom stereocenters. The van der Waals surface area contributed by atoms with Crippen molar-refractivity contribution in [3.63, 3.8) is 0 Å². The standard InChI is InChI=1S/C9H4F4O/c1-2-4-6(10)8(12)5(3-14)9(13)7(4)11/h1,14H,3H2. The molecular weight excluding hydrogens is 200 g/mol. The van der Waals surface area contributed by atoms with Gasteiger partial charge in [0.15, 0.2) is 23.3 Å². The predicted molar refractivity (Wildman–Crippen MR) is 40.1 cm³/mol. The highest BCUT2D eigenvalue weighted by Gasteiger charge is 2.23. The van der Waals surface area contributed by atoms with Gasteiger partial charge in [-0.15, -0.1) is 6.42 Å². The molecule has 0 spiro atoms. The molecule has 5 heteroatoms. The highest BCUT2D eigenvalue weighted by molar-refractivity contribution is 5.39. The van der Waals surface area contributed by atoms with Gasteiger partial charge in [-0.3, -0.25) is 0 Å². The Morgan fingerprint density at radius 1 is 1.00 bits per heavy atom. The average molecular weight is 204 g/mol. The second kappa shape index (κ2) is 3.68. The van der Waals surface area contributed by atoms with Gasteiger partial charge in [0.1, 0.15) is 5.56 Å². The maximum atomic E-state index is 12.9. The molecular formula is C9H4F4O. The normalized spacial score (nSPS) is 10.0. The molecule has 0 fully saturated rings. The number of benzene rings is 1. The van der Waals surface area contributed by atoms with E-state index < -0.39 is 41.0 Å². The van der Waals surface area contributed by atoms with E-state index >= 15 is 0 Å². The number of aliphatic hydroxyl groups is 1. The molecule has 74 valence electrons. The quantitative estimate of drug-likeness (QED) is 0.419. The highest BCUT2D eigenvalue weighted by atomic mass is 19.2. The van der Waals surface area contributed by atoms with E-state index in [2.05, 4.69) is 6.42 Å². The molecule has 0 aromatic heterocycles. The Labute approximate surface area is 77.0 Å². The summed E-state index contributed by atoms with van der Waals surface area (Å²) >= 11 is 0. The van der Waals surface area contributed by atoms with E-state index in [0.717, 1.165) is 0 Å². The Bertz CT molecular complexity index is 383. The van der Waals surface area contributed by atoms with Crippen LogP contribution >= 0.6 is 0 Å². The molecule has 1 N–H and O–H groups in total. The summed E-state index contributed by atoms with van der Waals surface area (Å²) in [6.45, 7) is -1.14. The summed E-state index contributed by atoms with van der Waals surface area (Å²) in [5, 5.41) is 8.45. The zero-order chi connectivity index (χ0) is 10.9. The summed E-state index contributed by atoms with van der Waals surface area (Å²) in [6.07, 6.45) is 4.65. The van der Waals surface area contributed by atoms with Crippen LogP contribution in [-0.2, 0) is 6.61 Å². The molecule has 0 aliphatic rings. The lowest BCUT2D eigenvalue weighted by atomic mass is 10.1. The fourth-order valence-electron chi connectivity index (χ4n) is 0.943. The van der Waals surface area contributed by atoms with Crippen LogP contribution in [0.15, 0.2) is 0 Å². The monoisotopic (exact) mass is 204 g/mol. The highest BCUT2D eigenvalue weighted by Crippen LogP contribution is 2.23. The Hall–Kier alpha value is -1.54. The lowest BCUT2D eigenvalue weighted by Gasteiger charge is -2.05. The van der Waals surface area contributed by atoms with Crippen molar-refractivity contribution >= 4 is 0 Å². The van der Waals surface area contributed by atoms with Crippen molar-refractivity contribution in [1.82, 2.24) is 0 Å². The number of hydrogen-bond acceptors (Lipinski definition) is 1. The van der Waals surface area contributed by atoms with E-state index in [4.69, 9.17) is 5.11 Å². The van der Waals surface area contributed by atoms with Crippen LogP contribution in [0.4, 0.5) is 17.6 Å². The van der Waals surface area contributed by atoms with Gasteiger partial charge in [0, 0.05) is 0 Å². The minimum atomic E-state index is -1.67. The van der Waals surface area contributed by atoms with Gasteiger partial charge >= 0.3 is 0 Å². The van der Waals surface area contributed by atoms with Crippen molar-refractivity contribution in [2.24, 2.45) is 0 Å². The molecule has 0 unspecified atom stereocenters. The first-order valence-electron chi connectivity index (χ1n) is 3.46. The number of halogens is 4. The van der Waals surface area contributed by atoms with E-state index in [1.165, 1.54) is 5.92 Å². The van der Waals surface area contributed by atoms with Crippen LogP contribution in [0, 0.1) is 35.6 Å². The van der Waals surface area contributed by atoms with E-state index in [-0.39, 0.29) is 0 Å². The third-order valence-electron chi connectivity index (χ3n) is 1.66. The maximum Gasteiger partial charge on any atom is 0.177 e. The molecule has 0 radical (unpaired) electrons. The van der Waals surface area contributed by atoms with Gasteiger partial charge in [-0.25, -0.2) is 17.6 Å². The molecule has 1 rings (SSSR count). The van der Waals surface area contributed by atoms with Gasteiger partial charge in [-0.1, -0.05) is 5.92 Å². The van der Waals surface area contributed by atoms with E-state index in [1.807, 2.05) is 0 Å². The van der Waals surface area contributed by atoms with Crippen LogP contribution in [-0.4, -0.2) is 5.11 Å². The number of aliphatic hydroxyl groups excluding tert-OH is 1. The zero-order valence-corrected chi connectivity index (χ0v) is 6.74. The van der Waals surface area contributed by atoms with Gasteiger partial charge in [-0.2, -0.15) is 0 Å². The molecule has 0 amide bonds. The third kappa shape index (κ3) is 1.34. The Kier molecular flexibility index (Phi) is 2.77. The fourth-order valence-corrected chi connectivity index (χ4v) is 0.943. The number of rotatable bonds is 1. The van der Waals surface area contributed by atoms with Crippen molar-refractivity contribution in [2.45, 2.75) is 6.61 Å². The smallest absolute Gasteiger partial charge is 0.177 e. The summed E-state index contributed by atoms with van der Waals surface area (Å²) in [6, 6.07) is 0. The molecule has 0 bridgehead atoms. The van der Waals surface area contributed by atoms with Crippen molar-refractivity contribution in [3.05, 3.63) is 34.4 Å². The molecule has 1 aromatic rings. The predicted octanol–water partition coefficient (Wildman–Crippen LogP) is 1.72. The molecule has 0 saturated heterocycles. The van der Waals surface area contributed by atoms with Crippen LogP contribution < -0.4 is 0 Å². The lowest BCUT2D eigenvalue weighted by molar-refractivity contribution is 0.262. The van der Waals surface area contributed by atoms with Gasteiger partial charge in [0.25, 0.3) is 0 Å². The summed E-state index contributed by atoms with van der Waals surface area (Å²) in [7, 11) is 0. The van der Waals surface area contributed by atoms with Crippen molar-refractivity contribution in [2.75, 3.05) is 0 Å². The van der Waals surface area contributed by atoms with Crippen molar-refractivity contribution < 1.29 is 22.7 Å². The first-order valence-corrected chi connectivity index (χ1v) is 3.46. The molecule has 1 aromatic carbocycles. The Morgan fingerprint density at radius 3 is 1.71 bits per heavy atom. The minimum absolute atomic E-state index is 1.07. The van der Waals surface area contributed by atoms with Gasteiger partial charge in [0.2, 0.25) is 0 Å². The van der Waals surface area contributed by atoms with Gasteiger partial charge < -0.3 is 5.11 Å². The first-order chi connectivity index (χ1) is 6.54. The molecule has 14 heavy (non-hydrogen) atoms. The van der Waals surface area contributed by atoms with E-state index in [9.17, 15) is 17.6 Å². The summed E-state index contributed by atoms with van der Waals surface area (Å²) in [4.78, 5) is 0. The van der Waals surface area contributed by atoms with Crippen molar-refractivity contribution in [3.8, 4) is 12.3 Å². The van der Waals surface area contributed by atoms with Crippen LogP contribution in [0.5, 0.6) is 0 Å². The summed E-state index contributed by atoms with van der Waals surface area (Å²) in [5.74, 6) is -5.19. The van der Waals surface area contributed by atoms with Gasteiger partial charge in [0.05, 0.1) is 12.2 Å². The molecule has 0 aliphatic heterocycles. The average Bonchev–Trinajstić information content (AvgIpc) is 2.17. The largest absolute Gasteiger partial charge is 0.391 e. The second-order valence-electron chi connectivity index (χ2n) is 2.41. The maximum absolute atomic E-state index is 12.9. The minimum Gasteiger partial charge on any atom is -0.391 e. The van der Waals surface area contributed by atoms with Gasteiger partial charge in [-0.05, 0) is 0 Å². The molecule has 0 heterocycles. The van der Waals surface area contributed by atoms with E-state index in [1.54, 1.807) is 0 Å². The lowest BCUT2D eigenvalue weighted by Crippen LogP contribution is -2.06. The molecule has 1 nitrogen and oxygen atoms in total. The van der Waals surface area contributed by atoms with Crippen LogP contribution in [0.2, 0.25) is 0 Å². The topological polar surface area (TPSA) is 20.2 Å². The third-order valence-corrected chi connectivity index (χ3v) is 1.66. The zero-order valence-electron chi connectivity index (χ0n) is 6.74. The molecule has 0 aliphatic carbocycles. The Balaban J connectivity index is 3.66. The Morgan fingerprint density at radius 2 is 1.43 bits per heavy atom. The van der Waals surface area contributed by atoms with Crippen LogP contribution in [0.3, 0.4) is 0 Å². The number of terminal acetylenes is 1. The summed E-state index contributed by atoms with van der Waals surface area (Å²) < 4.78 is 51.4. The van der Waals surface area contributed by atoms with E-state index in [0.29, 0.717) is 0 Å². The first kappa shape index (κ1) is 10.5. The van der Waals surface area contributed by atoms with Crippen LogP contribution in [0.1, 0.15) is 11.1 Å². The molecule has 0 saturated carbocycles. The fraction of sp³-hybridized carbons (Fsp3) is 0.111. The summed E-state index contributed by atoms with van der Waals surface area (Å²) in [5.41, 5.74) is -2.18. The van der Waals surface area contributed by atoms with Crippen molar-refractivity contribution in [1.29, 1.82) is 0 Å².